The minimum Gasteiger partial charge on any atom is -0.444 e. The summed E-state index contributed by atoms with van der Waals surface area (Å²) in [7, 11) is 0. The first kappa shape index (κ1) is 16.3. The van der Waals surface area contributed by atoms with Gasteiger partial charge in [0.15, 0.2) is 0 Å². The summed E-state index contributed by atoms with van der Waals surface area (Å²) in [5.41, 5.74) is 1.35. The van der Waals surface area contributed by atoms with Crippen molar-refractivity contribution in [3.05, 3.63) is 28.5 Å². The van der Waals surface area contributed by atoms with Crippen molar-refractivity contribution in [2.75, 3.05) is 0 Å². The standard InChI is InChI=1S/C17H22BrN3O2/c1-17(2,3)23-16(22)21-14(8-10-4-5-10)15-19-12-7-6-11(18)9-13(12)20-15/h6-7,9-10,14H,4-5,8H2,1-3H3,(H,19,20)(H,21,22)/t14-/m1/s1. The fraction of sp³-hybridized carbons (Fsp3) is 0.529. The molecule has 2 N–H and O–H groups in total. The molecule has 0 aliphatic heterocycles. The number of aromatic nitrogens is 2. The molecule has 5 nitrogen and oxygen atoms in total. The lowest BCUT2D eigenvalue weighted by atomic mass is 10.1. The largest absolute Gasteiger partial charge is 0.444 e. The molecular formula is C17H22BrN3O2. The van der Waals surface area contributed by atoms with Crippen molar-refractivity contribution in [1.29, 1.82) is 0 Å². The van der Waals surface area contributed by atoms with Gasteiger partial charge in [0, 0.05) is 4.47 Å². The number of rotatable bonds is 4. The number of hydrogen-bond donors (Lipinski definition) is 2. The number of halogens is 1. The van der Waals surface area contributed by atoms with E-state index in [0.717, 1.165) is 27.8 Å². The van der Waals surface area contributed by atoms with E-state index >= 15 is 0 Å². The number of hydrogen-bond acceptors (Lipinski definition) is 3. The Hall–Kier alpha value is -1.56. The van der Waals surface area contributed by atoms with E-state index in [-0.39, 0.29) is 6.04 Å². The van der Waals surface area contributed by atoms with Gasteiger partial charge in [-0.2, -0.15) is 0 Å². The molecule has 1 saturated carbocycles. The van der Waals surface area contributed by atoms with Crippen LogP contribution in [0.4, 0.5) is 4.79 Å². The lowest BCUT2D eigenvalue weighted by molar-refractivity contribution is 0.0497. The molecule has 124 valence electrons. The van der Waals surface area contributed by atoms with Gasteiger partial charge >= 0.3 is 6.09 Å². The number of imidazole rings is 1. The molecule has 0 saturated heterocycles. The van der Waals surface area contributed by atoms with Crippen LogP contribution in [0.1, 0.15) is 51.9 Å². The van der Waals surface area contributed by atoms with Gasteiger partial charge in [-0.3, -0.25) is 0 Å². The average molecular weight is 380 g/mol. The molecule has 0 radical (unpaired) electrons. The molecule has 0 unspecified atom stereocenters. The van der Waals surface area contributed by atoms with Crippen molar-refractivity contribution in [2.45, 2.75) is 51.7 Å². The van der Waals surface area contributed by atoms with Crippen molar-refractivity contribution in [2.24, 2.45) is 5.92 Å². The second-order valence-corrected chi connectivity index (χ2v) is 8.08. The van der Waals surface area contributed by atoms with Crippen molar-refractivity contribution < 1.29 is 9.53 Å². The summed E-state index contributed by atoms with van der Waals surface area (Å²) in [5, 5.41) is 2.97. The molecule has 1 aliphatic rings. The minimum atomic E-state index is -0.507. The summed E-state index contributed by atoms with van der Waals surface area (Å²) in [4.78, 5) is 20.1. The highest BCUT2D eigenvalue weighted by Gasteiger charge is 2.30. The van der Waals surface area contributed by atoms with Gasteiger partial charge in [-0.05, 0) is 51.3 Å². The van der Waals surface area contributed by atoms with Gasteiger partial charge in [-0.15, -0.1) is 0 Å². The third kappa shape index (κ3) is 4.47. The summed E-state index contributed by atoms with van der Waals surface area (Å²) < 4.78 is 6.38. The highest BCUT2D eigenvalue weighted by Crippen LogP contribution is 2.37. The summed E-state index contributed by atoms with van der Waals surface area (Å²) in [6.07, 6.45) is 2.93. The highest BCUT2D eigenvalue weighted by molar-refractivity contribution is 9.10. The first-order chi connectivity index (χ1) is 10.8. The van der Waals surface area contributed by atoms with Crippen molar-refractivity contribution >= 4 is 33.1 Å². The zero-order valence-electron chi connectivity index (χ0n) is 13.6. The van der Waals surface area contributed by atoms with E-state index in [0.29, 0.717) is 5.92 Å². The zero-order valence-corrected chi connectivity index (χ0v) is 15.2. The van der Waals surface area contributed by atoms with Crippen molar-refractivity contribution in [1.82, 2.24) is 15.3 Å². The van der Waals surface area contributed by atoms with Gasteiger partial charge in [0.2, 0.25) is 0 Å². The fourth-order valence-electron chi connectivity index (χ4n) is 2.54. The van der Waals surface area contributed by atoms with E-state index in [1.54, 1.807) is 0 Å². The maximum atomic E-state index is 12.1. The molecular weight excluding hydrogens is 358 g/mol. The van der Waals surface area contributed by atoms with Gasteiger partial charge in [-0.25, -0.2) is 9.78 Å². The predicted octanol–water partition coefficient (Wildman–Crippen LogP) is 4.69. The first-order valence-corrected chi connectivity index (χ1v) is 8.74. The number of alkyl carbamates (subject to hydrolysis) is 1. The third-order valence-electron chi connectivity index (χ3n) is 3.75. The van der Waals surface area contributed by atoms with E-state index in [2.05, 4.69) is 31.2 Å². The van der Waals surface area contributed by atoms with Gasteiger partial charge in [0.25, 0.3) is 0 Å². The summed E-state index contributed by atoms with van der Waals surface area (Å²) in [6.45, 7) is 5.59. The maximum Gasteiger partial charge on any atom is 0.408 e. The van der Waals surface area contributed by atoms with Gasteiger partial charge in [0.05, 0.1) is 17.1 Å². The fourth-order valence-corrected chi connectivity index (χ4v) is 2.90. The van der Waals surface area contributed by atoms with E-state index in [1.165, 1.54) is 12.8 Å². The number of ether oxygens (including phenoxy) is 1. The third-order valence-corrected chi connectivity index (χ3v) is 4.24. The number of amides is 1. The van der Waals surface area contributed by atoms with Crippen LogP contribution in [0.5, 0.6) is 0 Å². The molecule has 0 bridgehead atoms. The Morgan fingerprint density at radius 3 is 2.87 bits per heavy atom. The lowest BCUT2D eigenvalue weighted by Gasteiger charge is -2.22. The number of benzene rings is 1. The number of carbonyl (C=O) groups excluding carboxylic acids is 1. The Balaban J connectivity index is 1.80. The topological polar surface area (TPSA) is 67.0 Å². The molecule has 1 aromatic carbocycles. The minimum absolute atomic E-state index is 0.150. The molecule has 1 amide bonds. The summed E-state index contributed by atoms with van der Waals surface area (Å²) in [6, 6.07) is 5.77. The molecule has 6 heteroatoms. The highest BCUT2D eigenvalue weighted by atomic mass is 79.9. The number of nitrogens with one attached hydrogen (secondary N) is 2. The van der Waals surface area contributed by atoms with E-state index in [9.17, 15) is 4.79 Å². The van der Waals surface area contributed by atoms with Gasteiger partial charge in [0.1, 0.15) is 11.4 Å². The quantitative estimate of drug-likeness (QED) is 0.809. The predicted molar refractivity (Wildman–Crippen MR) is 93.2 cm³/mol. The second-order valence-electron chi connectivity index (χ2n) is 7.16. The molecule has 0 spiro atoms. The van der Waals surface area contributed by atoms with Crippen molar-refractivity contribution in [3.8, 4) is 0 Å². The smallest absolute Gasteiger partial charge is 0.408 e. The van der Waals surface area contributed by atoms with Crippen LogP contribution in [0.25, 0.3) is 11.0 Å². The van der Waals surface area contributed by atoms with Crippen LogP contribution >= 0.6 is 15.9 Å². The van der Waals surface area contributed by atoms with E-state index < -0.39 is 11.7 Å². The molecule has 3 rings (SSSR count). The SMILES string of the molecule is CC(C)(C)OC(=O)N[C@H](CC1CC1)c1nc2ccc(Br)cc2[nH]1. The molecule has 1 aromatic heterocycles. The van der Waals surface area contributed by atoms with Gasteiger partial charge in [-0.1, -0.05) is 28.8 Å². The molecule has 23 heavy (non-hydrogen) atoms. The summed E-state index contributed by atoms with van der Waals surface area (Å²) in [5.74, 6) is 1.45. The van der Waals surface area contributed by atoms with Crippen LogP contribution in [0, 0.1) is 5.92 Å². The number of fused-ring (bicyclic) bond motifs is 1. The van der Waals surface area contributed by atoms with Crippen LogP contribution in [0.2, 0.25) is 0 Å². The Kier molecular flexibility index (Phi) is 4.36. The average Bonchev–Trinajstić information content (AvgIpc) is 3.13. The molecule has 1 aliphatic carbocycles. The van der Waals surface area contributed by atoms with Crippen LogP contribution < -0.4 is 5.32 Å². The van der Waals surface area contributed by atoms with E-state index in [1.807, 2.05) is 39.0 Å². The Bertz CT molecular complexity index is 716. The molecule has 1 atom stereocenters. The monoisotopic (exact) mass is 379 g/mol. The Morgan fingerprint density at radius 1 is 1.48 bits per heavy atom. The second kappa shape index (κ2) is 6.15. The maximum absolute atomic E-state index is 12.1. The Labute approximate surface area is 144 Å². The summed E-state index contributed by atoms with van der Waals surface area (Å²) >= 11 is 3.46. The lowest BCUT2D eigenvalue weighted by Crippen LogP contribution is -2.35. The van der Waals surface area contributed by atoms with Crippen LogP contribution in [-0.4, -0.2) is 21.7 Å². The van der Waals surface area contributed by atoms with Crippen LogP contribution in [0.3, 0.4) is 0 Å². The van der Waals surface area contributed by atoms with Crippen molar-refractivity contribution in [3.63, 3.8) is 0 Å². The normalized spacial score (nSPS) is 16.3. The number of aromatic amines is 1. The zero-order chi connectivity index (χ0) is 16.6. The van der Waals surface area contributed by atoms with Crippen LogP contribution in [-0.2, 0) is 4.74 Å². The van der Waals surface area contributed by atoms with Crippen LogP contribution in [0.15, 0.2) is 22.7 Å². The van der Waals surface area contributed by atoms with Gasteiger partial charge < -0.3 is 15.0 Å². The Morgan fingerprint density at radius 2 is 2.22 bits per heavy atom. The molecule has 2 aromatic rings. The number of carbonyl (C=O) groups is 1. The molecule has 1 heterocycles. The van der Waals surface area contributed by atoms with E-state index in [4.69, 9.17) is 4.74 Å². The number of H-pyrrole nitrogens is 1. The number of nitrogens with zero attached hydrogens (tertiary/aromatic N) is 1. The molecule has 1 fully saturated rings. The first-order valence-electron chi connectivity index (χ1n) is 7.95.